The first-order valence-corrected chi connectivity index (χ1v) is 7.38. The molecule has 0 N–H and O–H groups in total. The molecule has 1 aromatic heterocycles. The molecule has 1 aromatic carbocycles. The number of hydrogen-bond donors (Lipinski definition) is 0. The fourth-order valence-corrected chi connectivity index (χ4v) is 2.73. The molecule has 0 saturated heterocycles. The van der Waals surface area contributed by atoms with Gasteiger partial charge < -0.3 is 9.47 Å². The largest absolute Gasteiger partial charge is 0.312 e. The summed E-state index contributed by atoms with van der Waals surface area (Å²) in [6.07, 6.45) is 1.63. The molecule has 1 amide bonds. The van der Waals surface area contributed by atoms with Crippen LogP contribution in [0.25, 0.3) is 0 Å². The number of carbonyl (C=O) groups is 1. The lowest BCUT2D eigenvalue weighted by atomic mass is 10.2. The molecule has 2 aromatic rings. The fourth-order valence-electron chi connectivity index (χ4n) is 1.88. The Bertz CT molecular complexity index is 570. The van der Waals surface area contributed by atoms with E-state index in [1.54, 1.807) is 11.2 Å². The van der Waals surface area contributed by atoms with Gasteiger partial charge in [-0.2, -0.15) is 0 Å². The average molecular weight is 290 g/mol. The second-order valence-corrected chi connectivity index (χ2v) is 5.71. The van der Waals surface area contributed by atoms with E-state index < -0.39 is 0 Å². The highest BCUT2D eigenvalue weighted by atomic mass is 32.2. The number of benzene rings is 1. The van der Waals surface area contributed by atoms with Gasteiger partial charge >= 0.3 is 0 Å². The zero-order chi connectivity index (χ0) is 14.5. The molecule has 2 rings (SSSR count). The Kier molecular flexibility index (Phi) is 4.79. The van der Waals surface area contributed by atoms with E-state index in [-0.39, 0.29) is 11.2 Å². The van der Waals surface area contributed by atoms with Gasteiger partial charge in [0.1, 0.15) is 6.33 Å². The maximum absolute atomic E-state index is 12.6. The molecule has 0 spiro atoms. The first-order valence-electron chi connectivity index (χ1n) is 6.50. The summed E-state index contributed by atoms with van der Waals surface area (Å²) in [5.41, 5.74) is 0.922. The summed E-state index contributed by atoms with van der Waals surface area (Å²) in [6.45, 7) is 4.52. The number of para-hydroxylation sites is 1. The van der Waals surface area contributed by atoms with Gasteiger partial charge in [0.25, 0.3) is 0 Å². The normalized spacial score (nSPS) is 12.2. The summed E-state index contributed by atoms with van der Waals surface area (Å²) in [5, 5.41) is 8.36. The molecule has 5 nitrogen and oxygen atoms in total. The highest BCUT2D eigenvalue weighted by molar-refractivity contribution is 8.00. The Hall–Kier alpha value is -1.82. The van der Waals surface area contributed by atoms with Crippen LogP contribution in [0, 0.1) is 0 Å². The van der Waals surface area contributed by atoms with E-state index in [0.717, 1.165) is 10.8 Å². The number of aromatic nitrogens is 3. The van der Waals surface area contributed by atoms with Crippen LogP contribution in [0.5, 0.6) is 0 Å². The van der Waals surface area contributed by atoms with Crippen molar-refractivity contribution in [2.24, 2.45) is 7.05 Å². The molecule has 0 radical (unpaired) electrons. The molecule has 106 valence electrons. The van der Waals surface area contributed by atoms with Crippen LogP contribution in [0.2, 0.25) is 0 Å². The number of rotatable bonds is 5. The third-order valence-corrected chi connectivity index (χ3v) is 4.09. The molecule has 1 unspecified atom stereocenters. The Balaban J connectivity index is 2.11. The van der Waals surface area contributed by atoms with E-state index in [0.29, 0.717) is 6.54 Å². The van der Waals surface area contributed by atoms with Crippen LogP contribution in [0.15, 0.2) is 41.8 Å². The predicted molar refractivity (Wildman–Crippen MR) is 80.8 cm³/mol. The standard InChI is InChI=1S/C14H18N4OS/c1-4-18(12-8-6-5-7-9-12)13(19)11(2)20-14-16-15-10-17(14)3/h5-11H,4H2,1-3H3. The lowest BCUT2D eigenvalue weighted by Gasteiger charge is -2.24. The minimum Gasteiger partial charge on any atom is -0.312 e. The van der Waals surface area contributed by atoms with E-state index in [2.05, 4.69) is 10.2 Å². The SMILES string of the molecule is CCN(C(=O)C(C)Sc1nncn1C)c1ccccc1. The first kappa shape index (κ1) is 14.6. The Morgan fingerprint density at radius 2 is 2.10 bits per heavy atom. The maximum Gasteiger partial charge on any atom is 0.240 e. The summed E-state index contributed by atoms with van der Waals surface area (Å²) in [6, 6.07) is 9.71. The van der Waals surface area contributed by atoms with E-state index in [9.17, 15) is 4.79 Å². The van der Waals surface area contributed by atoms with E-state index in [4.69, 9.17) is 0 Å². The van der Waals surface area contributed by atoms with Gasteiger partial charge in [-0.15, -0.1) is 10.2 Å². The van der Waals surface area contributed by atoms with Gasteiger partial charge in [-0.1, -0.05) is 30.0 Å². The quantitative estimate of drug-likeness (QED) is 0.793. The van der Waals surface area contributed by atoms with Crippen LogP contribution >= 0.6 is 11.8 Å². The highest BCUT2D eigenvalue weighted by Gasteiger charge is 2.23. The molecule has 20 heavy (non-hydrogen) atoms. The van der Waals surface area contributed by atoms with Crippen LogP contribution in [-0.2, 0) is 11.8 Å². The van der Waals surface area contributed by atoms with Crippen LogP contribution in [0.4, 0.5) is 5.69 Å². The second kappa shape index (κ2) is 6.56. The molecule has 6 heteroatoms. The number of thioether (sulfide) groups is 1. The molecular formula is C14H18N4OS. The van der Waals surface area contributed by atoms with Gasteiger partial charge in [-0.3, -0.25) is 4.79 Å². The molecule has 0 saturated carbocycles. The molecule has 1 heterocycles. The van der Waals surface area contributed by atoms with Crippen molar-refractivity contribution in [1.82, 2.24) is 14.8 Å². The topological polar surface area (TPSA) is 51.0 Å². The zero-order valence-corrected chi connectivity index (χ0v) is 12.7. The number of carbonyl (C=O) groups excluding carboxylic acids is 1. The highest BCUT2D eigenvalue weighted by Crippen LogP contribution is 2.24. The van der Waals surface area contributed by atoms with Gasteiger partial charge in [0, 0.05) is 19.3 Å². The van der Waals surface area contributed by atoms with Crippen molar-refractivity contribution < 1.29 is 4.79 Å². The number of hydrogen-bond acceptors (Lipinski definition) is 4. The zero-order valence-electron chi connectivity index (χ0n) is 11.9. The minimum absolute atomic E-state index is 0.0756. The van der Waals surface area contributed by atoms with E-state index >= 15 is 0 Å². The Labute approximate surface area is 123 Å². The van der Waals surface area contributed by atoms with Crippen molar-refractivity contribution in [2.45, 2.75) is 24.3 Å². The monoisotopic (exact) mass is 290 g/mol. The number of aryl methyl sites for hydroxylation is 1. The summed E-state index contributed by atoms with van der Waals surface area (Å²) < 4.78 is 1.81. The van der Waals surface area contributed by atoms with E-state index in [1.165, 1.54) is 11.8 Å². The Morgan fingerprint density at radius 1 is 1.40 bits per heavy atom. The summed E-state index contributed by atoms with van der Waals surface area (Å²) in [5.74, 6) is 0.0756. The molecule has 0 aliphatic heterocycles. The number of nitrogens with zero attached hydrogens (tertiary/aromatic N) is 4. The number of amides is 1. The van der Waals surface area contributed by atoms with Crippen molar-refractivity contribution >= 4 is 23.4 Å². The summed E-state index contributed by atoms with van der Waals surface area (Å²) in [4.78, 5) is 14.3. The van der Waals surface area contributed by atoms with Crippen LogP contribution in [0.3, 0.4) is 0 Å². The van der Waals surface area contributed by atoms with Gasteiger partial charge in [-0.05, 0) is 26.0 Å². The van der Waals surface area contributed by atoms with Crippen LogP contribution in [0.1, 0.15) is 13.8 Å². The summed E-state index contributed by atoms with van der Waals surface area (Å²) in [7, 11) is 1.87. The summed E-state index contributed by atoms with van der Waals surface area (Å²) >= 11 is 1.42. The van der Waals surface area contributed by atoms with Crippen LogP contribution < -0.4 is 4.90 Å². The van der Waals surface area contributed by atoms with Crippen molar-refractivity contribution in [1.29, 1.82) is 0 Å². The molecule has 0 bridgehead atoms. The minimum atomic E-state index is -0.210. The third-order valence-electron chi connectivity index (χ3n) is 2.95. The van der Waals surface area contributed by atoms with Gasteiger partial charge in [0.05, 0.1) is 5.25 Å². The molecule has 0 aliphatic rings. The van der Waals surface area contributed by atoms with Gasteiger partial charge in [0.15, 0.2) is 5.16 Å². The van der Waals surface area contributed by atoms with Crippen molar-refractivity contribution in [2.75, 3.05) is 11.4 Å². The lowest BCUT2D eigenvalue weighted by molar-refractivity contribution is -0.117. The van der Waals surface area contributed by atoms with Crippen molar-refractivity contribution in [3.8, 4) is 0 Å². The van der Waals surface area contributed by atoms with Crippen LogP contribution in [-0.4, -0.2) is 32.5 Å². The molecule has 1 atom stereocenters. The molecular weight excluding hydrogens is 272 g/mol. The van der Waals surface area contributed by atoms with Gasteiger partial charge in [0.2, 0.25) is 5.91 Å². The average Bonchev–Trinajstić information content (AvgIpc) is 2.86. The van der Waals surface area contributed by atoms with Crippen molar-refractivity contribution in [3.05, 3.63) is 36.7 Å². The second-order valence-electron chi connectivity index (χ2n) is 4.40. The predicted octanol–water partition coefficient (Wildman–Crippen LogP) is 2.35. The van der Waals surface area contributed by atoms with Gasteiger partial charge in [-0.25, -0.2) is 0 Å². The first-order chi connectivity index (χ1) is 9.63. The fraction of sp³-hybridized carbons (Fsp3) is 0.357. The van der Waals surface area contributed by atoms with E-state index in [1.807, 2.05) is 55.8 Å². The molecule has 0 fully saturated rings. The Morgan fingerprint density at radius 3 is 2.65 bits per heavy atom. The van der Waals surface area contributed by atoms with Crippen molar-refractivity contribution in [3.63, 3.8) is 0 Å². The molecule has 0 aliphatic carbocycles. The third kappa shape index (κ3) is 3.19. The maximum atomic E-state index is 12.6. The smallest absolute Gasteiger partial charge is 0.240 e. The number of anilines is 1. The lowest BCUT2D eigenvalue weighted by Crippen LogP contribution is -2.36.